The summed E-state index contributed by atoms with van der Waals surface area (Å²) in [5.41, 5.74) is 5.65. The number of rotatable bonds is 6. The van der Waals surface area contributed by atoms with Gasteiger partial charge in [-0.25, -0.2) is 4.98 Å². The number of nitrogen functional groups attached to an aromatic ring is 1. The average Bonchev–Trinajstić information content (AvgIpc) is 2.87. The van der Waals surface area contributed by atoms with Gasteiger partial charge < -0.3 is 15.5 Å². The molecule has 0 aromatic carbocycles. The maximum Gasteiger partial charge on any atom is 0.332 e. The molecule has 0 aliphatic heterocycles. The van der Waals surface area contributed by atoms with Gasteiger partial charge >= 0.3 is 5.69 Å². The molecule has 0 fully saturated rings. The molecule has 2 aromatic rings. The summed E-state index contributed by atoms with van der Waals surface area (Å²) in [5.74, 6) is 1.03. The highest BCUT2D eigenvalue weighted by Gasteiger charge is 2.22. The summed E-state index contributed by atoms with van der Waals surface area (Å²) < 4.78 is 5.25. The number of aromatic nitrogens is 2. The molecule has 0 aliphatic carbocycles. The summed E-state index contributed by atoms with van der Waals surface area (Å²) in [6, 6.07) is 3.69. The number of anilines is 2. The minimum absolute atomic E-state index is 0.0128. The van der Waals surface area contributed by atoms with Crippen molar-refractivity contribution >= 4 is 17.5 Å². The van der Waals surface area contributed by atoms with E-state index < -0.39 is 4.92 Å². The summed E-state index contributed by atoms with van der Waals surface area (Å²) in [6.07, 6.45) is 3.09. The van der Waals surface area contributed by atoms with Crippen LogP contribution in [-0.4, -0.2) is 20.9 Å². The fourth-order valence-corrected chi connectivity index (χ4v) is 2.03. The SMILES string of the molecule is Cc1nc(N)nc(NC(C)CCc2ccco2)c1[N+](=O)[O-]. The summed E-state index contributed by atoms with van der Waals surface area (Å²) in [5, 5.41) is 14.1. The molecule has 8 nitrogen and oxygen atoms in total. The second-order valence-corrected chi connectivity index (χ2v) is 4.78. The highest BCUT2D eigenvalue weighted by atomic mass is 16.6. The van der Waals surface area contributed by atoms with Crippen LogP contribution in [0.15, 0.2) is 22.8 Å². The van der Waals surface area contributed by atoms with Crippen molar-refractivity contribution in [3.63, 3.8) is 0 Å². The van der Waals surface area contributed by atoms with Crippen molar-refractivity contribution in [1.82, 2.24) is 9.97 Å². The van der Waals surface area contributed by atoms with Crippen molar-refractivity contribution in [1.29, 1.82) is 0 Å². The van der Waals surface area contributed by atoms with Gasteiger partial charge in [0.15, 0.2) is 0 Å². The Balaban J connectivity index is 2.09. The standard InChI is InChI=1S/C13H17N5O3/c1-8(5-6-10-4-3-7-21-10)15-12-11(18(19)20)9(2)16-13(14)17-12/h3-4,7-8H,5-6H2,1-2H3,(H3,14,15,16,17). The van der Waals surface area contributed by atoms with Gasteiger partial charge in [-0.3, -0.25) is 10.1 Å². The molecular weight excluding hydrogens is 274 g/mol. The normalized spacial score (nSPS) is 12.1. The van der Waals surface area contributed by atoms with Crippen molar-refractivity contribution < 1.29 is 9.34 Å². The van der Waals surface area contributed by atoms with E-state index in [0.717, 1.165) is 18.6 Å². The molecule has 1 atom stereocenters. The van der Waals surface area contributed by atoms with Crippen LogP contribution in [0.2, 0.25) is 0 Å². The van der Waals surface area contributed by atoms with Crippen LogP contribution in [0.3, 0.4) is 0 Å². The summed E-state index contributed by atoms with van der Waals surface area (Å²) in [6.45, 7) is 3.45. The molecule has 2 aromatic heterocycles. The van der Waals surface area contributed by atoms with E-state index in [1.807, 2.05) is 19.1 Å². The fourth-order valence-electron chi connectivity index (χ4n) is 2.03. The highest BCUT2D eigenvalue weighted by molar-refractivity contribution is 5.60. The molecule has 2 rings (SSSR count). The molecule has 2 heterocycles. The van der Waals surface area contributed by atoms with Gasteiger partial charge in [0, 0.05) is 12.5 Å². The maximum absolute atomic E-state index is 11.1. The number of furan rings is 1. The first kappa shape index (κ1) is 14.8. The molecule has 112 valence electrons. The Bertz CT molecular complexity index is 627. The number of nitrogens with two attached hydrogens (primary N) is 1. The van der Waals surface area contributed by atoms with Crippen LogP contribution in [0.5, 0.6) is 0 Å². The first-order valence-electron chi connectivity index (χ1n) is 6.54. The third-order valence-electron chi connectivity index (χ3n) is 3.05. The van der Waals surface area contributed by atoms with E-state index in [-0.39, 0.29) is 29.2 Å². The molecule has 0 amide bonds. The Hall–Kier alpha value is -2.64. The van der Waals surface area contributed by atoms with Gasteiger partial charge in [-0.15, -0.1) is 0 Å². The zero-order chi connectivity index (χ0) is 15.4. The van der Waals surface area contributed by atoms with Gasteiger partial charge in [0.25, 0.3) is 0 Å². The van der Waals surface area contributed by atoms with Crippen LogP contribution < -0.4 is 11.1 Å². The topological polar surface area (TPSA) is 120 Å². The molecule has 3 N–H and O–H groups in total. The molecule has 0 saturated carbocycles. The number of nitro groups is 1. The summed E-state index contributed by atoms with van der Waals surface area (Å²) in [7, 11) is 0. The van der Waals surface area contributed by atoms with E-state index in [2.05, 4.69) is 15.3 Å². The zero-order valence-corrected chi connectivity index (χ0v) is 11.9. The van der Waals surface area contributed by atoms with Gasteiger partial charge in [-0.2, -0.15) is 4.98 Å². The lowest BCUT2D eigenvalue weighted by molar-refractivity contribution is -0.385. The molecule has 0 aliphatic rings. The fraction of sp³-hybridized carbons (Fsp3) is 0.385. The third kappa shape index (κ3) is 3.68. The van der Waals surface area contributed by atoms with Gasteiger partial charge in [0.2, 0.25) is 11.8 Å². The lowest BCUT2D eigenvalue weighted by Gasteiger charge is -2.14. The Morgan fingerprint density at radius 1 is 1.52 bits per heavy atom. The number of hydrogen-bond acceptors (Lipinski definition) is 7. The van der Waals surface area contributed by atoms with E-state index >= 15 is 0 Å². The van der Waals surface area contributed by atoms with Crippen molar-refractivity contribution in [3.05, 3.63) is 40.0 Å². The monoisotopic (exact) mass is 291 g/mol. The number of nitrogens with one attached hydrogen (secondary N) is 1. The van der Waals surface area contributed by atoms with Crippen molar-refractivity contribution in [2.45, 2.75) is 32.7 Å². The average molecular weight is 291 g/mol. The lowest BCUT2D eigenvalue weighted by Crippen LogP contribution is -2.19. The first-order valence-corrected chi connectivity index (χ1v) is 6.54. The van der Waals surface area contributed by atoms with Gasteiger partial charge in [-0.05, 0) is 32.4 Å². The smallest absolute Gasteiger partial charge is 0.332 e. The zero-order valence-electron chi connectivity index (χ0n) is 11.9. The maximum atomic E-state index is 11.1. The van der Waals surface area contributed by atoms with Gasteiger partial charge in [-0.1, -0.05) is 0 Å². The van der Waals surface area contributed by atoms with Crippen LogP contribution in [-0.2, 0) is 6.42 Å². The highest BCUT2D eigenvalue weighted by Crippen LogP contribution is 2.26. The second-order valence-electron chi connectivity index (χ2n) is 4.78. The second kappa shape index (κ2) is 6.21. The van der Waals surface area contributed by atoms with E-state index in [9.17, 15) is 10.1 Å². The Morgan fingerprint density at radius 3 is 2.90 bits per heavy atom. The number of hydrogen-bond donors (Lipinski definition) is 2. The Labute approximate surface area is 121 Å². The summed E-state index contributed by atoms with van der Waals surface area (Å²) >= 11 is 0. The molecule has 0 spiro atoms. The Morgan fingerprint density at radius 2 is 2.29 bits per heavy atom. The van der Waals surface area contributed by atoms with E-state index in [1.165, 1.54) is 6.92 Å². The molecule has 8 heteroatoms. The number of nitrogens with zero attached hydrogens (tertiary/aromatic N) is 3. The van der Waals surface area contributed by atoms with Gasteiger partial charge in [0.1, 0.15) is 11.5 Å². The predicted octanol–water partition coefficient (Wildman–Crippen LogP) is 2.30. The van der Waals surface area contributed by atoms with Crippen LogP contribution in [0.1, 0.15) is 24.8 Å². The minimum Gasteiger partial charge on any atom is -0.469 e. The predicted molar refractivity (Wildman–Crippen MR) is 77.9 cm³/mol. The van der Waals surface area contributed by atoms with E-state index in [4.69, 9.17) is 10.2 Å². The molecular formula is C13H17N5O3. The van der Waals surface area contributed by atoms with E-state index in [0.29, 0.717) is 0 Å². The van der Waals surface area contributed by atoms with Crippen molar-refractivity contribution in [2.24, 2.45) is 0 Å². The lowest BCUT2D eigenvalue weighted by atomic mass is 10.1. The van der Waals surface area contributed by atoms with Crippen molar-refractivity contribution in [2.75, 3.05) is 11.1 Å². The van der Waals surface area contributed by atoms with Gasteiger partial charge in [0.05, 0.1) is 11.2 Å². The van der Waals surface area contributed by atoms with Crippen molar-refractivity contribution in [3.8, 4) is 0 Å². The van der Waals surface area contributed by atoms with Crippen LogP contribution in [0.25, 0.3) is 0 Å². The first-order chi connectivity index (χ1) is 9.97. The largest absolute Gasteiger partial charge is 0.469 e. The molecule has 1 unspecified atom stereocenters. The molecule has 21 heavy (non-hydrogen) atoms. The molecule has 0 bridgehead atoms. The van der Waals surface area contributed by atoms with Crippen LogP contribution in [0, 0.1) is 17.0 Å². The number of aryl methyl sites for hydroxylation is 2. The van der Waals surface area contributed by atoms with E-state index in [1.54, 1.807) is 6.26 Å². The third-order valence-corrected chi connectivity index (χ3v) is 3.05. The quantitative estimate of drug-likeness (QED) is 0.618. The Kier molecular flexibility index (Phi) is 4.36. The minimum atomic E-state index is -0.504. The molecule has 0 saturated heterocycles. The molecule has 0 radical (unpaired) electrons. The van der Waals surface area contributed by atoms with Crippen LogP contribution in [0.4, 0.5) is 17.5 Å². The van der Waals surface area contributed by atoms with Crippen LogP contribution >= 0.6 is 0 Å². The summed E-state index contributed by atoms with van der Waals surface area (Å²) in [4.78, 5) is 18.4.